The fourth-order valence-corrected chi connectivity index (χ4v) is 4.27. The molecule has 0 aromatic heterocycles. The number of rotatable bonds is 21. The van der Waals surface area contributed by atoms with Crippen LogP contribution in [0.2, 0.25) is 0 Å². The van der Waals surface area contributed by atoms with E-state index in [4.69, 9.17) is 9.05 Å². The number of hydrogen-bond donors (Lipinski definition) is 0. The molecule has 0 radical (unpaired) electrons. The molecule has 0 aliphatic carbocycles. The van der Waals surface area contributed by atoms with Crippen molar-refractivity contribution in [2.24, 2.45) is 11.8 Å². The predicted molar refractivity (Wildman–Crippen MR) is 142 cm³/mol. The zero-order valence-corrected chi connectivity index (χ0v) is 24.2. The maximum absolute atomic E-state index is 11.7. The second-order valence-corrected chi connectivity index (χ2v) is 11.4. The van der Waals surface area contributed by atoms with Gasteiger partial charge in [0, 0.05) is 4.57 Å². The highest BCUT2D eigenvalue weighted by Gasteiger charge is 2.24. The van der Waals surface area contributed by atoms with Gasteiger partial charge in [0.1, 0.15) is 13.2 Å². The first kappa shape index (κ1) is 34.1. The summed E-state index contributed by atoms with van der Waals surface area (Å²) in [6.45, 7) is 13.4. The van der Waals surface area contributed by atoms with Gasteiger partial charge in [-0.2, -0.15) is 0 Å². The van der Waals surface area contributed by atoms with Gasteiger partial charge >= 0.3 is 8.25 Å². The standard InChI is InChI=1S/C16H34O3P.C11H26N/c1-5-9-11-15(7-3)13-18-20(17)19-14-16(8-4)12-10-6-2;1-5-6-7-8-9-10-11-12(2,3)4/h15-16H,5-14H2,1-4H3;5-11H2,1-4H3/q2*+1. The van der Waals surface area contributed by atoms with Gasteiger partial charge in [-0.1, -0.05) is 98.8 Å². The fraction of sp³-hybridized carbons (Fsp3) is 1.00. The van der Waals surface area contributed by atoms with E-state index in [0.29, 0.717) is 25.0 Å². The maximum Gasteiger partial charge on any atom is 0.697 e. The normalized spacial score (nSPS) is 13.9. The molecule has 0 fully saturated rings. The predicted octanol–water partition coefficient (Wildman–Crippen LogP) is 9.16. The van der Waals surface area contributed by atoms with Gasteiger partial charge in [-0.3, -0.25) is 0 Å². The Bertz CT molecular complexity index is 377. The lowest BCUT2D eigenvalue weighted by atomic mass is 10.0. The van der Waals surface area contributed by atoms with Crippen molar-refractivity contribution in [1.29, 1.82) is 0 Å². The summed E-state index contributed by atoms with van der Waals surface area (Å²) in [6, 6.07) is 0. The van der Waals surface area contributed by atoms with Gasteiger partial charge in [0.05, 0.1) is 27.7 Å². The van der Waals surface area contributed by atoms with Gasteiger partial charge in [-0.15, -0.1) is 9.05 Å². The molecule has 0 aromatic carbocycles. The van der Waals surface area contributed by atoms with Crippen molar-refractivity contribution in [2.75, 3.05) is 40.9 Å². The zero-order chi connectivity index (χ0) is 24.7. The molecule has 2 unspecified atom stereocenters. The molecule has 0 spiro atoms. The Balaban J connectivity index is 0. The van der Waals surface area contributed by atoms with E-state index >= 15 is 0 Å². The first-order valence-corrected chi connectivity index (χ1v) is 14.9. The molecule has 194 valence electrons. The van der Waals surface area contributed by atoms with Crippen LogP contribution in [0.25, 0.3) is 0 Å². The van der Waals surface area contributed by atoms with Crippen LogP contribution in [0.5, 0.6) is 0 Å². The van der Waals surface area contributed by atoms with Crippen LogP contribution < -0.4 is 0 Å². The molecular weight excluding hydrogens is 417 g/mol. The quantitative estimate of drug-likeness (QED) is 0.0939. The van der Waals surface area contributed by atoms with E-state index < -0.39 is 8.25 Å². The molecular formula is C27H60NO3P+2. The molecule has 0 aliphatic heterocycles. The van der Waals surface area contributed by atoms with Gasteiger partial charge < -0.3 is 4.48 Å². The Kier molecular flexibility index (Phi) is 25.7. The van der Waals surface area contributed by atoms with Crippen LogP contribution in [0.3, 0.4) is 0 Å². The highest BCUT2D eigenvalue weighted by atomic mass is 31.1. The largest absolute Gasteiger partial charge is 0.697 e. The van der Waals surface area contributed by atoms with Gasteiger partial charge in [0.2, 0.25) is 0 Å². The Morgan fingerprint density at radius 1 is 0.625 bits per heavy atom. The van der Waals surface area contributed by atoms with Crippen molar-refractivity contribution < 1.29 is 18.1 Å². The van der Waals surface area contributed by atoms with Crippen LogP contribution in [0.4, 0.5) is 0 Å². The summed E-state index contributed by atoms with van der Waals surface area (Å²) in [6.07, 6.45) is 17.8. The summed E-state index contributed by atoms with van der Waals surface area (Å²) < 4.78 is 23.6. The summed E-state index contributed by atoms with van der Waals surface area (Å²) in [7, 11) is 4.87. The van der Waals surface area contributed by atoms with E-state index in [1.165, 1.54) is 70.8 Å². The van der Waals surface area contributed by atoms with Crippen molar-refractivity contribution >= 4 is 8.25 Å². The van der Waals surface area contributed by atoms with Crippen LogP contribution >= 0.6 is 8.25 Å². The highest BCUT2D eigenvalue weighted by molar-refractivity contribution is 7.33. The molecule has 0 aromatic rings. The van der Waals surface area contributed by atoms with Crippen LogP contribution in [0.15, 0.2) is 0 Å². The summed E-state index contributed by atoms with van der Waals surface area (Å²) in [5.41, 5.74) is 0. The zero-order valence-electron chi connectivity index (χ0n) is 23.3. The lowest BCUT2D eigenvalue weighted by Gasteiger charge is -2.23. The SMILES string of the molecule is CCCCC(CC)CO[P+](=O)OCC(CC)CCCC.CCCCCCCC[N+](C)(C)C. The third-order valence-corrected chi connectivity index (χ3v) is 6.82. The van der Waals surface area contributed by atoms with E-state index in [-0.39, 0.29) is 0 Å². The Morgan fingerprint density at radius 2 is 1.03 bits per heavy atom. The molecule has 0 saturated heterocycles. The minimum absolute atomic E-state index is 0.513. The Hall–Kier alpha value is -0.0200. The number of unbranched alkanes of at least 4 members (excludes halogenated alkanes) is 7. The first-order valence-electron chi connectivity index (χ1n) is 13.8. The smallest absolute Gasteiger partial charge is 0.331 e. The summed E-state index contributed by atoms with van der Waals surface area (Å²) in [4.78, 5) is 0. The molecule has 0 heterocycles. The van der Waals surface area contributed by atoms with Crippen molar-refractivity contribution in [3.63, 3.8) is 0 Å². The van der Waals surface area contributed by atoms with E-state index in [1.54, 1.807) is 0 Å². The molecule has 32 heavy (non-hydrogen) atoms. The third kappa shape index (κ3) is 26.2. The summed E-state index contributed by atoms with van der Waals surface area (Å²) >= 11 is 0. The van der Waals surface area contributed by atoms with Crippen molar-refractivity contribution in [3.8, 4) is 0 Å². The minimum Gasteiger partial charge on any atom is -0.331 e. The summed E-state index contributed by atoms with van der Waals surface area (Å²) in [5, 5.41) is 0. The first-order chi connectivity index (χ1) is 15.2. The van der Waals surface area contributed by atoms with E-state index in [1.807, 2.05) is 0 Å². The van der Waals surface area contributed by atoms with Crippen molar-refractivity contribution in [1.82, 2.24) is 0 Å². The average Bonchev–Trinajstić information content (AvgIpc) is 2.76. The van der Waals surface area contributed by atoms with Gasteiger partial charge in [0.25, 0.3) is 0 Å². The number of hydrogen-bond acceptors (Lipinski definition) is 3. The molecule has 0 rings (SSSR count). The average molecular weight is 478 g/mol. The van der Waals surface area contributed by atoms with Crippen molar-refractivity contribution in [3.05, 3.63) is 0 Å². The van der Waals surface area contributed by atoms with Crippen LogP contribution in [-0.2, 0) is 13.6 Å². The second-order valence-electron chi connectivity index (χ2n) is 10.4. The summed E-state index contributed by atoms with van der Waals surface area (Å²) in [5.74, 6) is 1.03. The van der Waals surface area contributed by atoms with Crippen molar-refractivity contribution in [2.45, 2.75) is 125 Å². The highest BCUT2D eigenvalue weighted by Crippen LogP contribution is 2.28. The lowest BCUT2D eigenvalue weighted by Crippen LogP contribution is -2.35. The topological polar surface area (TPSA) is 35.5 Å². The molecule has 0 saturated carbocycles. The second kappa shape index (κ2) is 24.1. The molecule has 2 atom stereocenters. The van der Waals surface area contributed by atoms with Crippen LogP contribution in [0, 0.1) is 11.8 Å². The molecule has 4 nitrogen and oxygen atoms in total. The van der Waals surface area contributed by atoms with E-state index in [9.17, 15) is 4.57 Å². The van der Waals surface area contributed by atoms with Gasteiger partial charge in [-0.25, -0.2) is 0 Å². The van der Waals surface area contributed by atoms with E-state index in [0.717, 1.165) is 30.2 Å². The monoisotopic (exact) mass is 477 g/mol. The minimum atomic E-state index is -1.94. The molecule has 0 bridgehead atoms. The number of nitrogens with zero attached hydrogens (tertiary/aromatic N) is 1. The van der Waals surface area contributed by atoms with Gasteiger partial charge in [0.15, 0.2) is 0 Å². The lowest BCUT2D eigenvalue weighted by molar-refractivity contribution is -0.870. The third-order valence-electron chi connectivity index (χ3n) is 6.10. The molecule has 5 heteroatoms. The molecule has 0 N–H and O–H groups in total. The fourth-order valence-electron chi connectivity index (χ4n) is 3.53. The van der Waals surface area contributed by atoms with Crippen LogP contribution in [0.1, 0.15) is 125 Å². The van der Waals surface area contributed by atoms with Crippen LogP contribution in [-0.4, -0.2) is 45.4 Å². The molecule has 0 aliphatic rings. The van der Waals surface area contributed by atoms with E-state index in [2.05, 4.69) is 55.8 Å². The Labute approximate surface area is 203 Å². The Morgan fingerprint density at radius 3 is 1.41 bits per heavy atom. The number of quaternary nitrogens is 1. The maximum atomic E-state index is 11.7. The molecule has 0 amide bonds. The van der Waals surface area contributed by atoms with Gasteiger partial charge in [-0.05, 0) is 37.5 Å².